The maximum Gasteiger partial charge on any atom is 0.264 e. The molecule has 0 aliphatic rings. The van der Waals surface area contributed by atoms with Crippen LogP contribution in [-0.4, -0.2) is 29.9 Å². The molecule has 0 aliphatic carbocycles. The van der Waals surface area contributed by atoms with Crippen LogP contribution in [0.3, 0.4) is 0 Å². The minimum atomic E-state index is -3.80. The van der Waals surface area contributed by atoms with Gasteiger partial charge in [-0.15, -0.1) is 0 Å². The van der Waals surface area contributed by atoms with E-state index in [4.69, 9.17) is 9.66 Å². The van der Waals surface area contributed by atoms with E-state index in [2.05, 4.69) is 0 Å². The van der Waals surface area contributed by atoms with Crippen LogP contribution in [0.5, 0.6) is 0 Å². The molecule has 0 saturated carbocycles. The average Bonchev–Trinajstić information content (AvgIpc) is 1.78. The van der Waals surface area contributed by atoms with E-state index in [0.717, 1.165) is 0 Å². The van der Waals surface area contributed by atoms with E-state index in [1.54, 1.807) is 6.92 Å². The van der Waals surface area contributed by atoms with E-state index in [1.807, 2.05) is 0 Å². The normalized spacial score (nSPS) is 14.8. The Bertz CT molecular complexity index is 183. The molecule has 0 aromatic rings. The first kappa shape index (κ1) is 10.9. The van der Waals surface area contributed by atoms with Crippen LogP contribution in [0.4, 0.5) is 0 Å². The van der Waals surface area contributed by atoms with Gasteiger partial charge in [-0.3, -0.25) is 4.55 Å². The zero-order valence-electron chi connectivity index (χ0n) is 6.52. The first-order valence-corrected chi connectivity index (χ1v) is 5.16. The molecule has 0 bridgehead atoms. The summed E-state index contributed by atoms with van der Waals surface area (Å²) in [7, 11) is -3.80. The molecule has 1 atom stereocenters. The zero-order valence-corrected chi connectivity index (χ0v) is 7.34. The Balaban J connectivity index is 3.30. The highest BCUT2D eigenvalue weighted by Gasteiger charge is 2.03. The van der Waals surface area contributed by atoms with Gasteiger partial charge in [0.2, 0.25) is 0 Å². The second-order valence-electron chi connectivity index (χ2n) is 2.63. The smallest absolute Gasteiger partial charge is 0.264 e. The van der Waals surface area contributed by atoms with E-state index in [9.17, 15) is 8.42 Å². The maximum atomic E-state index is 10.2. The second-order valence-corrected chi connectivity index (χ2v) is 4.20. The SMILES string of the molecule is CC(O)CCCCS(=O)(=O)O. The van der Waals surface area contributed by atoms with Crippen LogP contribution < -0.4 is 0 Å². The molecule has 0 heterocycles. The van der Waals surface area contributed by atoms with Crippen LogP contribution >= 0.6 is 0 Å². The van der Waals surface area contributed by atoms with Crippen molar-refractivity contribution in [3.05, 3.63) is 0 Å². The summed E-state index contributed by atoms with van der Waals surface area (Å²) in [4.78, 5) is 0. The number of hydrogen-bond acceptors (Lipinski definition) is 3. The van der Waals surface area contributed by atoms with Crippen molar-refractivity contribution in [2.75, 3.05) is 5.75 Å². The summed E-state index contributed by atoms with van der Waals surface area (Å²) in [6.45, 7) is 1.65. The number of rotatable bonds is 5. The number of hydrogen-bond donors (Lipinski definition) is 2. The van der Waals surface area contributed by atoms with Gasteiger partial charge in [0.05, 0.1) is 11.9 Å². The van der Waals surface area contributed by atoms with E-state index in [0.29, 0.717) is 19.3 Å². The molecule has 0 radical (unpaired) electrons. The largest absolute Gasteiger partial charge is 0.393 e. The van der Waals surface area contributed by atoms with Gasteiger partial charge >= 0.3 is 0 Å². The predicted octanol–water partition coefficient (Wildman–Crippen LogP) is 0.425. The summed E-state index contributed by atoms with van der Waals surface area (Å²) in [5.74, 6) is -0.209. The van der Waals surface area contributed by atoms with E-state index in [-0.39, 0.29) is 5.75 Å². The molecule has 0 aromatic carbocycles. The lowest BCUT2D eigenvalue weighted by Crippen LogP contribution is -2.05. The van der Waals surface area contributed by atoms with Crippen LogP contribution in [0.25, 0.3) is 0 Å². The minimum absolute atomic E-state index is 0.209. The van der Waals surface area contributed by atoms with Crippen molar-refractivity contribution >= 4 is 10.1 Å². The number of aliphatic hydroxyl groups is 1. The highest BCUT2D eigenvalue weighted by molar-refractivity contribution is 7.85. The molecule has 0 aliphatic heterocycles. The molecule has 68 valence electrons. The van der Waals surface area contributed by atoms with Crippen molar-refractivity contribution in [2.24, 2.45) is 0 Å². The molecule has 0 amide bonds. The second kappa shape index (κ2) is 4.69. The molecular formula is C6H14O4S. The van der Waals surface area contributed by atoms with Gasteiger partial charge in [0.1, 0.15) is 0 Å². The predicted molar refractivity (Wildman–Crippen MR) is 41.9 cm³/mol. The Morgan fingerprint density at radius 1 is 1.36 bits per heavy atom. The Kier molecular flexibility index (Phi) is 4.63. The van der Waals surface area contributed by atoms with Gasteiger partial charge in [-0.05, 0) is 26.2 Å². The third-order valence-corrected chi connectivity index (χ3v) is 2.08. The fraction of sp³-hybridized carbons (Fsp3) is 1.00. The lowest BCUT2D eigenvalue weighted by atomic mass is 10.2. The van der Waals surface area contributed by atoms with Crippen molar-refractivity contribution in [1.82, 2.24) is 0 Å². The van der Waals surface area contributed by atoms with Crippen LogP contribution in [0.2, 0.25) is 0 Å². The molecule has 0 saturated heterocycles. The summed E-state index contributed by atoms with van der Waals surface area (Å²) in [6, 6.07) is 0. The Morgan fingerprint density at radius 2 is 1.91 bits per heavy atom. The van der Waals surface area contributed by atoms with Crippen LogP contribution in [0, 0.1) is 0 Å². The van der Waals surface area contributed by atoms with Gasteiger partial charge in [0.25, 0.3) is 10.1 Å². The van der Waals surface area contributed by atoms with Crippen molar-refractivity contribution in [2.45, 2.75) is 32.3 Å². The molecule has 0 fully saturated rings. The molecule has 5 heteroatoms. The Hall–Kier alpha value is -0.130. The third kappa shape index (κ3) is 9.87. The standard InChI is InChI=1S/C6H14O4S/c1-6(7)4-2-3-5-11(8,9)10/h6-7H,2-5H2,1H3,(H,8,9,10). The van der Waals surface area contributed by atoms with E-state index >= 15 is 0 Å². The third-order valence-electron chi connectivity index (χ3n) is 1.27. The summed E-state index contributed by atoms with van der Waals surface area (Å²) < 4.78 is 28.6. The summed E-state index contributed by atoms with van der Waals surface area (Å²) in [5, 5.41) is 8.77. The van der Waals surface area contributed by atoms with Crippen molar-refractivity contribution in [3.8, 4) is 0 Å². The van der Waals surface area contributed by atoms with Gasteiger partial charge in [0, 0.05) is 0 Å². The topological polar surface area (TPSA) is 74.6 Å². The summed E-state index contributed by atoms with van der Waals surface area (Å²) >= 11 is 0. The van der Waals surface area contributed by atoms with Gasteiger partial charge < -0.3 is 5.11 Å². The van der Waals surface area contributed by atoms with Crippen LogP contribution in [-0.2, 0) is 10.1 Å². The lowest BCUT2D eigenvalue weighted by Gasteiger charge is -2.01. The van der Waals surface area contributed by atoms with Gasteiger partial charge in [-0.2, -0.15) is 8.42 Å². The first-order valence-electron chi connectivity index (χ1n) is 3.55. The average molecular weight is 182 g/mol. The first-order chi connectivity index (χ1) is 4.92. The lowest BCUT2D eigenvalue weighted by molar-refractivity contribution is 0.181. The molecule has 0 spiro atoms. The van der Waals surface area contributed by atoms with Crippen LogP contribution in [0.15, 0.2) is 0 Å². The number of unbranched alkanes of at least 4 members (excludes halogenated alkanes) is 1. The van der Waals surface area contributed by atoms with Crippen molar-refractivity contribution < 1.29 is 18.1 Å². The van der Waals surface area contributed by atoms with Crippen molar-refractivity contribution in [1.29, 1.82) is 0 Å². The number of aliphatic hydroxyl groups excluding tert-OH is 1. The monoisotopic (exact) mass is 182 g/mol. The van der Waals surface area contributed by atoms with Gasteiger partial charge in [-0.25, -0.2) is 0 Å². The van der Waals surface area contributed by atoms with Gasteiger partial charge in [-0.1, -0.05) is 0 Å². The van der Waals surface area contributed by atoms with E-state index < -0.39 is 16.2 Å². The van der Waals surface area contributed by atoms with Crippen molar-refractivity contribution in [3.63, 3.8) is 0 Å². The molecule has 2 N–H and O–H groups in total. The minimum Gasteiger partial charge on any atom is -0.393 e. The molecule has 0 aromatic heterocycles. The van der Waals surface area contributed by atoms with E-state index in [1.165, 1.54) is 0 Å². The fourth-order valence-corrected chi connectivity index (χ4v) is 1.29. The molecule has 0 rings (SSSR count). The maximum absolute atomic E-state index is 10.2. The summed E-state index contributed by atoms with van der Waals surface area (Å²) in [6.07, 6.45) is 1.22. The zero-order chi connectivity index (χ0) is 8.91. The Labute approximate surface area is 67.0 Å². The summed E-state index contributed by atoms with van der Waals surface area (Å²) in [5.41, 5.74) is 0. The van der Waals surface area contributed by atoms with Gasteiger partial charge in [0.15, 0.2) is 0 Å². The highest BCUT2D eigenvalue weighted by Crippen LogP contribution is 2.01. The molecule has 11 heavy (non-hydrogen) atoms. The highest BCUT2D eigenvalue weighted by atomic mass is 32.2. The molecule has 4 nitrogen and oxygen atoms in total. The fourth-order valence-electron chi connectivity index (χ4n) is 0.724. The van der Waals surface area contributed by atoms with Crippen LogP contribution in [0.1, 0.15) is 26.2 Å². The molecule has 1 unspecified atom stereocenters. The Morgan fingerprint density at radius 3 is 2.27 bits per heavy atom. The quantitative estimate of drug-likeness (QED) is 0.477. The molecular weight excluding hydrogens is 168 g/mol.